The highest BCUT2D eigenvalue weighted by Crippen LogP contribution is 2.28. The van der Waals surface area contributed by atoms with Crippen LogP contribution in [0.4, 0.5) is 11.4 Å². The van der Waals surface area contributed by atoms with Crippen LogP contribution in [0.1, 0.15) is 15.9 Å². The Morgan fingerprint density at radius 3 is 2.65 bits per heavy atom. The Kier molecular flexibility index (Phi) is 2.95. The summed E-state index contributed by atoms with van der Waals surface area (Å²) >= 11 is 0. The number of fused-ring (bicyclic) bond motifs is 1. The Bertz CT molecular complexity index is 683. The monoisotopic (exact) mass is 267 g/mol. The van der Waals surface area contributed by atoms with Crippen molar-refractivity contribution in [2.24, 2.45) is 0 Å². The van der Waals surface area contributed by atoms with Gasteiger partial charge in [0, 0.05) is 31.7 Å². The van der Waals surface area contributed by atoms with Crippen molar-refractivity contribution in [2.45, 2.75) is 6.54 Å². The lowest BCUT2D eigenvalue weighted by Crippen LogP contribution is -2.16. The van der Waals surface area contributed by atoms with Crippen molar-refractivity contribution >= 4 is 23.1 Å². The molecule has 1 aliphatic rings. The molecule has 0 aliphatic carbocycles. The van der Waals surface area contributed by atoms with Crippen molar-refractivity contribution in [2.75, 3.05) is 17.3 Å². The quantitative estimate of drug-likeness (QED) is 0.862. The van der Waals surface area contributed by atoms with Crippen LogP contribution in [-0.2, 0) is 11.3 Å². The zero-order valence-corrected chi connectivity index (χ0v) is 11.0. The lowest BCUT2D eigenvalue weighted by Gasteiger charge is -2.20. The lowest BCUT2D eigenvalue weighted by atomic mass is 10.1. The van der Waals surface area contributed by atoms with Gasteiger partial charge in [-0.25, -0.2) is 0 Å². The van der Waals surface area contributed by atoms with Crippen molar-refractivity contribution in [1.82, 2.24) is 4.98 Å². The largest absolute Gasteiger partial charge is 0.370 e. The van der Waals surface area contributed by atoms with E-state index >= 15 is 0 Å². The summed E-state index contributed by atoms with van der Waals surface area (Å²) in [4.78, 5) is 28.9. The number of pyridine rings is 1. The van der Waals surface area contributed by atoms with E-state index in [1.165, 1.54) is 0 Å². The molecule has 0 atom stereocenters. The van der Waals surface area contributed by atoms with Crippen LogP contribution in [0.15, 0.2) is 42.7 Å². The number of anilines is 2. The van der Waals surface area contributed by atoms with Crippen LogP contribution < -0.4 is 10.2 Å². The summed E-state index contributed by atoms with van der Waals surface area (Å²) in [6, 6.07) is 9.26. The standard InChI is InChI=1S/C15H13N3O2/c1-18(9-10-4-6-16-7-5-10)11-2-3-12-13(8-11)17-15(20)14(12)19/h2-8H,9H2,1H3,(H,17,19,20). The van der Waals surface area contributed by atoms with E-state index in [9.17, 15) is 9.59 Å². The Hall–Kier alpha value is -2.69. The van der Waals surface area contributed by atoms with Crippen molar-refractivity contribution in [3.63, 3.8) is 0 Å². The molecule has 0 saturated heterocycles. The molecule has 0 fully saturated rings. The summed E-state index contributed by atoms with van der Waals surface area (Å²) in [5, 5.41) is 2.58. The number of rotatable bonds is 3. The van der Waals surface area contributed by atoms with Gasteiger partial charge in [0.15, 0.2) is 0 Å². The molecule has 3 rings (SSSR count). The fourth-order valence-electron chi connectivity index (χ4n) is 2.23. The predicted molar refractivity (Wildman–Crippen MR) is 75.7 cm³/mol. The van der Waals surface area contributed by atoms with Gasteiger partial charge in [-0.1, -0.05) is 0 Å². The maximum absolute atomic E-state index is 11.5. The minimum Gasteiger partial charge on any atom is -0.370 e. The zero-order chi connectivity index (χ0) is 14.1. The Morgan fingerprint density at radius 2 is 1.90 bits per heavy atom. The van der Waals surface area contributed by atoms with E-state index in [0.29, 0.717) is 11.3 Å². The van der Waals surface area contributed by atoms with Crippen LogP contribution in [0.2, 0.25) is 0 Å². The summed E-state index contributed by atoms with van der Waals surface area (Å²) < 4.78 is 0. The van der Waals surface area contributed by atoms with Crippen LogP contribution in [0.3, 0.4) is 0 Å². The second kappa shape index (κ2) is 4.77. The minimum absolute atomic E-state index is 0.441. The normalized spacial score (nSPS) is 13.1. The number of hydrogen-bond acceptors (Lipinski definition) is 4. The van der Waals surface area contributed by atoms with E-state index in [-0.39, 0.29) is 0 Å². The number of carbonyl (C=O) groups excluding carboxylic acids is 2. The van der Waals surface area contributed by atoms with Gasteiger partial charge in [0.05, 0.1) is 11.3 Å². The van der Waals surface area contributed by atoms with E-state index in [1.54, 1.807) is 18.5 Å². The highest BCUT2D eigenvalue weighted by Gasteiger charge is 2.28. The molecule has 1 amide bonds. The number of nitrogens with zero attached hydrogens (tertiary/aromatic N) is 2. The van der Waals surface area contributed by atoms with Gasteiger partial charge in [-0.15, -0.1) is 0 Å². The summed E-state index contributed by atoms with van der Waals surface area (Å²) in [6.07, 6.45) is 3.51. The van der Waals surface area contributed by atoms with Crippen LogP contribution >= 0.6 is 0 Å². The molecule has 2 aromatic rings. The molecule has 2 heterocycles. The number of aromatic nitrogens is 1. The SMILES string of the molecule is CN(Cc1ccncc1)c1ccc2c(c1)NC(=O)C2=O. The summed E-state index contributed by atoms with van der Waals surface area (Å²) in [6.45, 7) is 0.725. The summed E-state index contributed by atoms with van der Waals surface area (Å²) in [7, 11) is 1.96. The molecule has 5 heteroatoms. The average Bonchev–Trinajstić information content (AvgIpc) is 2.74. The molecule has 1 aliphatic heterocycles. The van der Waals surface area contributed by atoms with Gasteiger partial charge in [0.25, 0.3) is 11.7 Å². The molecule has 0 unspecified atom stereocenters. The zero-order valence-electron chi connectivity index (χ0n) is 11.0. The molecule has 0 saturated carbocycles. The van der Waals surface area contributed by atoms with Gasteiger partial charge in [-0.3, -0.25) is 14.6 Å². The Morgan fingerprint density at radius 1 is 1.15 bits per heavy atom. The van der Waals surface area contributed by atoms with Gasteiger partial charge in [0.1, 0.15) is 0 Å². The average molecular weight is 267 g/mol. The van der Waals surface area contributed by atoms with E-state index in [2.05, 4.69) is 10.3 Å². The first-order valence-electron chi connectivity index (χ1n) is 6.25. The molecule has 5 nitrogen and oxygen atoms in total. The van der Waals surface area contributed by atoms with Gasteiger partial charge >= 0.3 is 0 Å². The van der Waals surface area contributed by atoms with Gasteiger partial charge in [-0.05, 0) is 35.9 Å². The number of hydrogen-bond donors (Lipinski definition) is 1. The predicted octanol–water partition coefficient (Wildman–Crippen LogP) is 1.85. The fraction of sp³-hybridized carbons (Fsp3) is 0.133. The topological polar surface area (TPSA) is 62.3 Å². The number of carbonyl (C=O) groups is 2. The summed E-state index contributed by atoms with van der Waals surface area (Å²) in [5.41, 5.74) is 3.11. The third kappa shape index (κ3) is 2.14. The Labute approximate surface area is 116 Å². The first-order valence-corrected chi connectivity index (χ1v) is 6.25. The molecule has 20 heavy (non-hydrogen) atoms. The highest BCUT2D eigenvalue weighted by molar-refractivity contribution is 6.51. The van der Waals surface area contributed by atoms with Gasteiger partial charge in [0.2, 0.25) is 0 Å². The molecule has 0 bridgehead atoms. The second-order valence-electron chi connectivity index (χ2n) is 4.72. The first kappa shape index (κ1) is 12.3. The number of ketones is 1. The Balaban J connectivity index is 1.83. The smallest absolute Gasteiger partial charge is 0.296 e. The van der Waals surface area contributed by atoms with Gasteiger partial charge < -0.3 is 10.2 Å². The van der Waals surface area contributed by atoms with Crippen molar-refractivity contribution in [1.29, 1.82) is 0 Å². The van der Waals surface area contributed by atoms with Crippen molar-refractivity contribution in [3.05, 3.63) is 53.9 Å². The fourth-order valence-corrected chi connectivity index (χ4v) is 2.23. The molecule has 0 radical (unpaired) electrons. The van der Waals surface area contributed by atoms with E-state index < -0.39 is 11.7 Å². The third-order valence-corrected chi connectivity index (χ3v) is 3.31. The molecular formula is C15H13N3O2. The number of benzene rings is 1. The lowest BCUT2D eigenvalue weighted by molar-refractivity contribution is -0.112. The highest BCUT2D eigenvalue weighted by atomic mass is 16.2. The van der Waals surface area contributed by atoms with Crippen LogP contribution in [0.5, 0.6) is 0 Å². The van der Waals surface area contributed by atoms with Crippen molar-refractivity contribution in [3.8, 4) is 0 Å². The maximum Gasteiger partial charge on any atom is 0.296 e. The van der Waals surface area contributed by atoms with Crippen LogP contribution in [-0.4, -0.2) is 23.7 Å². The molecule has 0 spiro atoms. The molecule has 1 N–H and O–H groups in total. The molecule has 1 aromatic carbocycles. The number of Topliss-reactive ketones (excluding diaryl/α,β-unsaturated/α-hetero) is 1. The van der Waals surface area contributed by atoms with E-state index in [0.717, 1.165) is 17.8 Å². The van der Waals surface area contributed by atoms with Crippen LogP contribution in [0.25, 0.3) is 0 Å². The second-order valence-corrected chi connectivity index (χ2v) is 4.72. The van der Waals surface area contributed by atoms with Gasteiger partial charge in [-0.2, -0.15) is 0 Å². The molecular weight excluding hydrogens is 254 g/mol. The maximum atomic E-state index is 11.5. The minimum atomic E-state index is -0.561. The van der Waals surface area contributed by atoms with E-state index in [1.807, 2.05) is 36.2 Å². The summed E-state index contributed by atoms with van der Waals surface area (Å²) in [5.74, 6) is -1.03. The van der Waals surface area contributed by atoms with Crippen molar-refractivity contribution < 1.29 is 9.59 Å². The molecule has 100 valence electrons. The number of nitrogens with one attached hydrogen (secondary N) is 1. The first-order chi connectivity index (χ1) is 9.65. The number of amides is 1. The van der Waals surface area contributed by atoms with E-state index in [4.69, 9.17) is 0 Å². The third-order valence-electron chi connectivity index (χ3n) is 3.31. The molecule has 1 aromatic heterocycles. The van der Waals surface area contributed by atoms with Crippen LogP contribution in [0, 0.1) is 0 Å².